The third-order valence-corrected chi connectivity index (χ3v) is 1.70. The van der Waals surface area contributed by atoms with Gasteiger partial charge in [0.2, 0.25) is 0 Å². The molecule has 0 saturated carbocycles. The van der Waals surface area contributed by atoms with Gasteiger partial charge in [0.05, 0.1) is 0 Å². The van der Waals surface area contributed by atoms with Crippen molar-refractivity contribution in [2.45, 2.75) is 0 Å². The van der Waals surface area contributed by atoms with Gasteiger partial charge in [-0.1, -0.05) is 0 Å². The van der Waals surface area contributed by atoms with Crippen LogP contribution < -0.4 is 34.0 Å². The highest BCUT2D eigenvalue weighted by molar-refractivity contribution is 5.29. The van der Waals surface area contributed by atoms with Crippen molar-refractivity contribution in [2.24, 2.45) is 0 Å². The van der Waals surface area contributed by atoms with Gasteiger partial charge in [0.1, 0.15) is 11.4 Å². The van der Waals surface area contributed by atoms with Gasteiger partial charge in [-0.05, 0) is 0 Å². The van der Waals surface area contributed by atoms with Gasteiger partial charge < -0.3 is 21.4 Å². The number of H-pyrrole nitrogens is 4. The number of anilines is 2. The fourth-order valence-corrected chi connectivity index (χ4v) is 0.840. The number of aromatic amines is 4. The standard InChI is InChI=1S/2C4H5N3O2/c2*5-2-1-6-4(9)7-3(2)8/h2*1H,5H2,(H2,6,7,8,9). The van der Waals surface area contributed by atoms with E-state index in [0.29, 0.717) is 0 Å². The molecule has 0 radical (unpaired) electrons. The first kappa shape index (κ1) is 13.0. The zero-order valence-corrected chi connectivity index (χ0v) is 8.94. The zero-order valence-electron chi connectivity index (χ0n) is 8.94. The maximum Gasteiger partial charge on any atom is 0.325 e. The smallest absolute Gasteiger partial charge is 0.325 e. The second-order valence-electron chi connectivity index (χ2n) is 3.05. The van der Waals surface area contributed by atoms with Crippen molar-refractivity contribution in [3.8, 4) is 0 Å². The molecule has 2 aromatic heterocycles. The molecule has 2 rings (SSSR count). The van der Waals surface area contributed by atoms with E-state index < -0.39 is 22.5 Å². The minimum Gasteiger partial charge on any atom is -0.393 e. The summed E-state index contributed by atoms with van der Waals surface area (Å²) >= 11 is 0. The molecule has 0 spiro atoms. The Bertz CT molecular complexity index is 686. The van der Waals surface area contributed by atoms with Crippen molar-refractivity contribution in [3.05, 3.63) is 54.1 Å². The summed E-state index contributed by atoms with van der Waals surface area (Å²) in [6, 6.07) is 0. The first-order valence-electron chi connectivity index (χ1n) is 4.55. The monoisotopic (exact) mass is 254 g/mol. The van der Waals surface area contributed by atoms with Gasteiger partial charge in [-0.15, -0.1) is 0 Å². The predicted molar refractivity (Wildman–Crippen MR) is 64.2 cm³/mol. The van der Waals surface area contributed by atoms with Gasteiger partial charge in [-0.3, -0.25) is 19.6 Å². The summed E-state index contributed by atoms with van der Waals surface area (Å²) in [7, 11) is 0. The number of nitrogens with one attached hydrogen (secondary N) is 4. The van der Waals surface area contributed by atoms with Crippen molar-refractivity contribution < 1.29 is 0 Å². The lowest BCUT2D eigenvalue weighted by molar-refractivity contribution is 1.04. The number of nitrogens with two attached hydrogens (primary N) is 2. The van der Waals surface area contributed by atoms with Gasteiger partial charge in [0, 0.05) is 12.4 Å². The summed E-state index contributed by atoms with van der Waals surface area (Å²) in [5, 5.41) is 0. The summed E-state index contributed by atoms with van der Waals surface area (Å²) in [5.41, 5.74) is 7.96. The lowest BCUT2D eigenvalue weighted by atomic mass is 10.6. The van der Waals surface area contributed by atoms with Crippen LogP contribution in [0.4, 0.5) is 11.4 Å². The van der Waals surface area contributed by atoms with Crippen molar-refractivity contribution >= 4 is 11.4 Å². The molecule has 0 unspecified atom stereocenters. The second kappa shape index (κ2) is 5.34. The Labute approximate surface area is 97.7 Å². The molecule has 0 amide bonds. The highest BCUT2D eigenvalue weighted by Crippen LogP contribution is 1.77. The fraction of sp³-hybridized carbons (Fsp3) is 0. The number of aromatic nitrogens is 4. The largest absolute Gasteiger partial charge is 0.393 e. The van der Waals surface area contributed by atoms with Gasteiger partial charge >= 0.3 is 11.4 Å². The van der Waals surface area contributed by atoms with E-state index in [4.69, 9.17) is 11.5 Å². The number of nitrogen functional groups attached to an aromatic ring is 2. The van der Waals surface area contributed by atoms with Gasteiger partial charge in [-0.25, -0.2) is 9.59 Å². The van der Waals surface area contributed by atoms with E-state index in [2.05, 4.69) is 9.97 Å². The third-order valence-electron chi connectivity index (χ3n) is 1.70. The summed E-state index contributed by atoms with van der Waals surface area (Å²) in [4.78, 5) is 49.7. The zero-order chi connectivity index (χ0) is 13.7. The molecule has 0 atom stereocenters. The van der Waals surface area contributed by atoms with E-state index in [1.807, 2.05) is 9.97 Å². The number of hydrogen-bond donors (Lipinski definition) is 6. The summed E-state index contributed by atoms with van der Waals surface area (Å²) in [6.07, 6.45) is 2.31. The van der Waals surface area contributed by atoms with E-state index >= 15 is 0 Å². The number of rotatable bonds is 0. The average molecular weight is 254 g/mol. The van der Waals surface area contributed by atoms with Crippen LogP contribution in [0.3, 0.4) is 0 Å². The maximum atomic E-state index is 10.4. The topological polar surface area (TPSA) is 183 Å². The molecule has 0 aliphatic rings. The normalized spacial score (nSPS) is 9.33. The molecule has 0 fully saturated rings. The molecule has 0 saturated heterocycles. The third kappa shape index (κ3) is 3.52. The summed E-state index contributed by atoms with van der Waals surface area (Å²) < 4.78 is 0. The van der Waals surface area contributed by atoms with E-state index in [1.165, 1.54) is 0 Å². The second-order valence-corrected chi connectivity index (χ2v) is 3.05. The molecule has 8 N–H and O–H groups in total. The lowest BCUT2D eigenvalue weighted by Gasteiger charge is -1.85. The van der Waals surface area contributed by atoms with Crippen molar-refractivity contribution in [1.29, 1.82) is 0 Å². The van der Waals surface area contributed by atoms with Crippen LogP contribution in [0.1, 0.15) is 0 Å². The first-order valence-corrected chi connectivity index (χ1v) is 4.55. The Morgan fingerprint density at radius 2 is 1.06 bits per heavy atom. The highest BCUT2D eigenvalue weighted by atomic mass is 16.2. The molecular formula is C8H10N6O4. The van der Waals surface area contributed by atoms with Crippen LogP contribution in [0.25, 0.3) is 0 Å². The van der Waals surface area contributed by atoms with Gasteiger partial charge in [0.15, 0.2) is 0 Å². The molecule has 0 aliphatic carbocycles. The van der Waals surface area contributed by atoms with Crippen LogP contribution >= 0.6 is 0 Å². The fourth-order valence-electron chi connectivity index (χ4n) is 0.840. The van der Waals surface area contributed by atoms with Crippen molar-refractivity contribution in [1.82, 2.24) is 19.9 Å². The minimum absolute atomic E-state index is 0.00889. The Hall–Kier alpha value is -3.04. The predicted octanol–water partition coefficient (Wildman–Crippen LogP) is -2.71. The summed E-state index contributed by atoms with van der Waals surface area (Å²) in [5.74, 6) is 0. The molecule has 10 nitrogen and oxygen atoms in total. The minimum atomic E-state index is -0.557. The van der Waals surface area contributed by atoms with E-state index in [9.17, 15) is 19.2 Å². The Balaban J connectivity index is 0.000000180. The lowest BCUT2D eigenvalue weighted by Crippen LogP contribution is -2.23. The molecular weight excluding hydrogens is 244 g/mol. The van der Waals surface area contributed by atoms with Gasteiger partial charge in [0.25, 0.3) is 11.1 Å². The molecule has 10 heteroatoms. The summed E-state index contributed by atoms with van der Waals surface area (Å²) in [6.45, 7) is 0. The van der Waals surface area contributed by atoms with Crippen LogP contribution in [0.2, 0.25) is 0 Å². The molecule has 96 valence electrons. The van der Waals surface area contributed by atoms with E-state index in [-0.39, 0.29) is 11.4 Å². The Morgan fingerprint density at radius 1 is 0.722 bits per heavy atom. The highest BCUT2D eigenvalue weighted by Gasteiger charge is 1.90. The molecule has 0 bridgehead atoms. The first-order chi connectivity index (χ1) is 8.40. The SMILES string of the molecule is Nc1c[nH]c(=O)[nH]c1=O.Nc1c[nH]c(=O)[nH]c1=O. The average Bonchev–Trinajstić information content (AvgIpc) is 2.30. The van der Waals surface area contributed by atoms with Crippen LogP contribution in [-0.4, -0.2) is 19.9 Å². The van der Waals surface area contributed by atoms with E-state index in [0.717, 1.165) is 12.4 Å². The van der Waals surface area contributed by atoms with Crippen molar-refractivity contribution in [3.63, 3.8) is 0 Å². The van der Waals surface area contributed by atoms with Gasteiger partial charge in [-0.2, -0.15) is 0 Å². The molecule has 2 heterocycles. The van der Waals surface area contributed by atoms with E-state index in [1.54, 1.807) is 0 Å². The molecule has 0 aromatic carbocycles. The van der Waals surface area contributed by atoms with Crippen LogP contribution in [0, 0.1) is 0 Å². The number of hydrogen-bond acceptors (Lipinski definition) is 6. The molecule has 18 heavy (non-hydrogen) atoms. The molecule has 0 aliphatic heterocycles. The quantitative estimate of drug-likeness (QED) is 0.297. The van der Waals surface area contributed by atoms with Crippen LogP contribution in [0.15, 0.2) is 31.6 Å². The Morgan fingerprint density at radius 3 is 1.28 bits per heavy atom. The van der Waals surface area contributed by atoms with Crippen LogP contribution in [0.5, 0.6) is 0 Å². The van der Waals surface area contributed by atoms with Crippen LogP contribution in [-0.2, 0) is 0 Å². The molecule has 2 aromatic rings. The maximum absolute atomic E-state index is 10.4. The van der Waals surface area contributed by atoms with Crippen molar-refractivity contribution in [2.75, 3.05) is 11.5 Å². The Kier molecular flexibility index (Phi) is 3.86.